The normalized spacial score (nSPS) is 17.5. The minimum Gasteiger partial charge on any atom is -0.314 e. The van der Waals surface area contributed by atoms with Crippen molar-refractivity contribution in [2.75, 3.05) is 26.2 Å². The number of hydrogen-bond acceptors (Lipinski definition) is 2. The van der Waals surface area contributed by atoms with Crippen LogP contribution < -0.4 is 5.32 Å². The molecule has 1 heterocycles. The van der Waals surface area contributed by atoms with Gasteiger partial charge in [-0.15, -0.1) is 24.8 Å². The van der Waals surface area contributed by atoms with E-state index in [1.165, 1.54) is 5.56 Å². The summed E-state index contributed by atoms with van der Waals surface area (Å²) in [6.07, 6.45) is 0. The lowest BCUT2D eigenvalue weighted by molar-refractivity contribution is 0.185. The lowest BCUT2D eigenvalue weighted by Gasteiger charge is -2.33. The van der Waals surface area contributed by atoms with Gasteiger partial charge in [0.2, 0.25) is 0 Å². The molecule has 0 unspecified atom stereocenters. The van der Waals surface area contributed by atoms with Gasteiger partial charge in [0.15, 0.2) is 0 Å². The second kappa shape index (κ2) is 8.62. The van der Waals surface area contributed by atoms with Crippen LogP contribution in [-0.2, 0) is 0 Å². The van der Waals surface area contributed by atoms with Gasteiger partial charge in [-0.3, -0.25) is 4.90 Å². The maximum atomic E-state index is 6.25. The summed E-state index contributed by atoms with van der Waals surface area (Å²) >= 11 is 9.75. The topological polar surface area (TPSA) is 15.3 Å². The van der Waals surface area contributed by atoms with E-state index in [0.29, 0.717) is 6.04 Å². The molecule has 2 rings (SSSR count). The second-order valence-corrected chi connectivity index (χ2v) is 5.45. The molecule has 1 aromatic carbocycles. The monoisotopic (exact) mass is 374 g/mol. The van der Waals surface area contributed by atoms with Crippen LogP contribution in [0, 0.1) is 0 Å². The van der Waals surface area contributed by atoms with Gasteiger partial charge >= 0.3 is 0 Å². The predicted octanol–water partition coefficient (Wildman–Crippen LogP) is 3.91. The van der Waals surface area contributed by atoms with Gasteiger partial charge in [0.25, 0.3) is 0 Å². The van der Waals surface area contributed by atoms with Gasteiger partial charge in [-0.25, -0.2) is 0 Å². The second-order valence-electron chi connectivity index (χ2n) is 4.13. The fourth-order valence-corrected chi connectivity index (χ4v) is 2.76. The summed E-state index contributed by atoms with van der Waals surface area (Å²) in [6.45, 7) is 6.53. The molecule has 0 saturated carbocycles. The van der Waals surface area contributed by atoms with Crippen LogP contribution in [0.5, 0.6) is 0 Å². The number of rotatable bonds is 2. The van der Waals surface area contributed by atoms with E-state index in [4.69, 9.17) is 11.6 Å². The number of nitrogens with zero attached hydrogens (tertiary/aromatic N) is 1. The molecule has 2 nitrogen and oxygen atoms in total. The molecular weight excluding hydrogens is 358 g/mol. The van der Waals surface area contributed by atoms with Crippen molar-refractivity contribution in [2.45, 2.75) is 13.0 Å². The Labute approximate surface area is 134 Å². The number of halogens is 4. The van der Waals surface area contributed by atoms with Crippen molar-refractivity contribution in [2.24, 2.45) is 0 Å². The summed E-state index contributed by atoms with van der Waals surface area (Å²) in [4.78, 5) is 2.46. The first-order valence-electron chi connectivity index (χ1n) is 5.58. The molecule has 1 aliphatic rings. The standard InChI is InChI=1S/C12H16BrClN2.2ClH/c1-9(16-6-4-15-5-7-16)11-8-10(13)2-3-12(11)14;;/h2-3,8-9,15H,4-7H2,1H3;2*1H/t9-;;/m0../s1. The first-order valence-corrected chi connectivity index (χ1v) is 6.75. The molecule has 1 atom stereocenters. The summed E-state index contributed by atoms with van der Waals surface area (Å²) in [5.74, 6) is 0. The zero-order valence-electron chi connectivity index (χ0n) is 10.2. The van der Waals surface area contributed by atoms with Crippen molar-refractivity contribution in [3.8, 4) is 0 Å². The third-order valence-electron chi connectivity index (χ3n) is 3.11. The molecular formula is C12H18BrCl3N2. The Balaban J connectivity index is 0.00000144. The van der Waals surface area contributed by atoms with Crippen LogP contribution in [0.25, 0.3) is 0 Å². The summed E-state index contributed by atoms with van der Waals surface area (Å²) < 4.78 is 1.09. The summed E-state index contributed by atoms with van der Waals surface area (Å²) in [5.41, 5.74) is 1.21. The maximum absolute atomic E-state index is 6.25. The van der Waals surface area contributed by atoms with E-state index in [2.05, 4.69) is 39.1 Å². The van der Waals surface area contributed by atoms with Crippen LogP contribution in [-0.4, -0.2) is 31.1 Å². The fourth-order valence-electron chi connectivity index (χ4n) is 2.10. The van der Waals surface area contributed by atoms with Gasteiger partial charge in [-0.2, -0.15) is 0 Å². The minimum absolute atomic E-state index is 0. The van der Waals surface area contributed by atoms with E-state index < -0.39 is 0 Å². The minimum atomic E-state index is 0. The van der Waals surface area contributed by atoms with E-state index in [1.807, 2.05) is 12.1 Å². The van der Waals surface area contributed by atoms with E-state index in [1.54, 1.807) is 0 Å². The first kappa shape index (κ1) is 18.5. The van der Waals surface area contributed by atoms with Gasteiger partial charge in [0.05, 0.1) is 0 Å². The molecule has 0 radical (unpaired) electrons. The average Bonchev–Trinajstić information content (AvgIpc) is 2.32. The summed E-state index contributed by atoms with van der Waals surface area (Å²) in [6, 6.07) is 6.44. The SMILES string of the molecule is C[C@@H](c1cc(Br)ccc1Cl)N1CCNCC1.Cl.Cl. The van der Waals surface area contributed by atoms with Gasteiger partial charge < -0.3 is 5.32 Å². The van der Waals surface area contributed by atoms with Crippen LogP contribution in [0.4, 0.5) is 0 Å². The number of piperazine rings is 1. The highest BCUT2D eigenvalue weighted by Crippen LogP contribution is 2.29. The molecule has 0 spiro atoms. The van der Waals surface area contributed by atoms with Crippen LogP contribution in [0.1, 0.15) is 18.5 Å². The van der Waals surface area contributed by atoms with Crippen LogP contribution in [0.2, 0.25) is 5.02 Å². The highest BCUT2D eigenvalue weighted by Gasteiger charge is 2.19. The Morgan fingerprint density at radius 2 is 1.89 bits per heavy atom. The molecule has 104 valence electrons. The molecule has 1 aromatic rings. The molecule has 0 aliphatic carbocycles. The van der Waals surface area contributed by atoms with E-state index in [9.17, 15) is 0 Å². The fraction of sp³-hybridized carbons (Fsp3) is 0.500. The molecule has 0 bridgehead atoms. The maximum Gasteiger partial charge on any atom is 0.0454 e. The van der Waals surface area contributed by atoms with Crippen molar-refractivity contribution >= 4 is 52.3 Å². The van der Waals surface area contributed by atoms with Crippen molar-refractivity contribution in [3.05, 3.63) is 33.3 Å². The molecule has 18 heavy (non-hydrogen) atoms. The van der Waals surface area contributed by atoms with Gasteiger partial charge in [-0.05, 0) is 30.7 Å². The van der Waals surface area contributed by atoms with E-state index in [0.717, 1.165) is 35.7 Å². The van der Waals surface area contributed by atoms with Gasteiger partial charge in [0, 0.05) is 41.7 Å². The van der Waals surface area contributed by atoms with Crippen molar-refractivity contribution in [1.82, 2.24) is 10.2 Å². The highest BCUT2D eigenvalue weighted by molar-refractivity contribution is 9.10. The number of nitrogens with one attached hydrogen (secondary N) is 1. The zero-order valence-corrected chi connectivity index (χ0v) is 14.1. The Kier molecular flexibility index (Phi) is 8.85. The molecule has 0 aromatic heterocycles. The van der Waals surface area contributed by atoms with Crippen molar-refractivity contribution in [3.63, 3.8) is 0 Å². The van der Waals surface area contributed by atoms with Crippen molar-refractivity contribution in [1.29, 1.82) is 0 Å². The largest absolute Gasteiger partial charge is 0.314 e. The smallest absolute Gasteiger partial charge is 0.0454 e. The molecule has 1 fully saturated rings. The van der Waals surface area contributed by atoms with E-state index in [-0.39, 0.29) is 24.8 Å². The Hall–Kier alpha value is 0.490. The first-order chi connectivity index (χ1) is 7.68. The third kappa shape index (κ3) is 4.55. The van der Waals surface area contributed by atoms with Crippen LogP contribution in [0.15, 0.2) is 22.7 Å². The average molecular weight is 377 g/mol. The van der Waals surface area contributed by atoms with Crippen LogP contribution >= 0.6 is 52.3 Å². The molecule has 1 N–H and O–H groups in total. The van der Waals surface area contributed by atoms with Crippen LogP contribution in [0.3, 0.4) is 0 Å². The Morgan fingerprint density at radius 3 is 2.50 bits per heavy atom. The summed E-state index contributed by atoms with van der Waals surface area (Å²) in [5, 5.41) is 4.22. The summed E-state index contributed by atoms with van der Waals surface area (Å²) in [7, 11) is 0. The lowest BCUT2D eigenvalue weighted by atomic mass is 10.1. The zero-order chi connectivity index (χ0) is 11.5. The molecule has 0 amide bonds. The van der Waals surface area contributed by atoms with E-state index >= 15 is 0 Å². The Bertz CT molecular complexity index is 370. The molecule has 6 heteroatoms. The quantitative estimate of drug-likeness (QED) is 0.842. The van der Waals surface area contributed by atoms with Gasteiger partial charge in [0.1, 0.15) is 0 Å². The molecule has 1 aliphatic heterocycles. The lowest BCUT2D eigenvalue weighted by Crippen LogP contribution is -2.44. The highest BCUT2D eigenvalue weighted by atomic mass is 79.9. The number of benzene rings is 1. The number of hydrogen-bond donors (Lipinski definition) is 1. The van der Waals surface area contributed by atoms with Gasteiger partial charge in [-0.1, -0.05) is 27.5 Å². The Morgan fingerprint density at radius 1 is 1.28 bits per heavy atom. The van der Waals surface area contributed by atoms with Crippen molar-refractivity contribution < 1.29 is 0 Å². The molecule has 1 saturated heterocycles. The third-order valence-corrected chi connectivity index (χ3v) is 3.94. The predicted molar refractivity (Wildman–Crippen MR) is 86.5 cm³/mol.